The summed E-state index contributed by atoms with van der Waals surface area (Å²) >= 11 is 1.73. The summed E-state index contributed by atoms with van der Waals surface area (Å²) in [6.07, 6.45) is 0.838. The highest BCUT2D eigenvalue weighted by atomic mass is 32.2. The molecule has 0 aromatic heterocycles. The Morgan fingerprint density at radius 1 is 1.50 bits per heavy atom. The van der Waals surface area contributed by atoms with Gasteiger partial charge in [-0.2, -0.15) is 0 Å². The van der Waals surface area contributed by atoms with Crippen LogP contribution in [0.2, 0.25) is 0 Å². The van der Waals surface area contributed by atoms with E-state index in [0.717, 1.165) is 22.8 Å². The van der Waals surface area contributed by atoms with Crippen molar-refractivity contribution in [1.82, 2.24) is 0 Å². The van der Waals surface area contributed by atoms with Crippen LogP contribution in [0, 0.1) is 5.41 Å². The molecule has 1 aromatic rings. The molecule has 0 aliphatic heterocycles. The predicted molar refractivity (Wildman–Crippen MR) is 75.5 cm³/mol. The SMILES string of the molecule is COc1cccc(SCCC(C)(C)C(N)=NO)c1. The summed E-state index contributed by atoms with van der Waals surface area (Å²) in [5, 5.41) is 11.8. The van der Waals surface area contributed by atoms with E-state index >= 15 is 0 Å². The van der Waals surface area contributed by atoms with Crippen LogP contribution in [-0.4, -0.2) is 23.9 Å². The molecule has 0 unspecified atom stereocenters. The number of amidine groups is 1. The van der Waals surface area contributed by atoms with E-state index in [0.29, 0.717) is 0 Å². The van der Waals surface area contributed by atoms with Crippen molar-refractivity contribution < 1.29 is 9.94 Å². The molecule has 0 saturated carbocycles. The lowest BCUT2D eigenvalue weighted by Gasteiger charge is -2.22. The third-order valence-electron chi connectivity index (χ3n) is 2.84. The summed E-state index contributed by atoms with van der Waals surface area (Å²) in [7, 11) is 1.66. The second-order valence-electron chi connectivity index (χ2n) is 4.65. The smallest absolute Gasteiger partial charge is 0.144 e. The standard InChI is InChI=1S/C13H20N2O2S/c1-13(2,12(14)15-16)7-8-18-11-6-4-5-10(9-11)17-3/h4-6,9,16H,7-8H2,1-3H3,(H2,14,15). The fourth-order valence-corrected chi connectivity index (χ4v) is 2.60. The first-order valence-corrected chi connectivity index (χ1v) is 6.73. The largest absolute Gasteiger partial charge is 0.497 e. The third-order valence-corrected chi connectivity index (χ3v) is 3.83. The van der Waals surface area contributed by atoms with Crippen molar-refractivity contribution in [3.05, 3.63) is 24.3 Å². The highest BCUT2D eigenvalue weighted by Gasteiger charge is 2.23. The van der Waals surface area contributed by atoms with E-state index in [1.807, 2.05) is 38.1 Å². The Balaban J connectivity index is 2.51. The quantitative estimate of drug-likeness (QED) is 0.274. The molecule has 100 valence electrons. The minimum Gasteiger partial charge on any atom is -0.497 e. The van der Waals surface area contributed by atoms with Crippen molar-refractivity contribution in [2.24, 2.45) is 16.3 Å². The zero-order valence-corrected chi connectivity index (χ0v) is 11.8. The molecule has 0 spiro atoms. The molecule has 0 saturated heterocycles. The topological polar surface area (TPSA) is 67.8 Å². The molecule has 0 fully saturated rings. The lowest BCUT2D eigenvalue weighted by Crippen LogP contribution is -2.32. The Morgan fingerprint density at radius 2 is 2.22 bits per heavy atom. The van der Waals surface area contributed by atoms with E-state index in [2.05, 4.69) is 5.16 Å². The van der Waals surface area contributed by atoms with Crippen LogP contribution in [-0.2, 0) is 0 Å². The van der Waals surface area contributed by atoms with E-state index in [1.165, 1.54) is 0 Å². The highest BCUT2D eigenvalue weighted by Crippen LogP contribution is 2.28. The number of nitrogens with zero attached hydrogens (tertiary/aromatic N) is 1. The number of hydrogen-bond donors (Lipinski definition) is 2. The minimum absolute atomic E-state index is 0.272. The molecule has 5 heteroatoms. The van der Waals surface area contributed by atoms with Gasteiger partial charge in [0.15, 0.2) is 0 Å². The number of methoxy groups -OCH3 is 1. The van der Waals surface area contributed by atoms with Gasteiger partial charge < -0.3 is 15.7 Å². The van der Waals surface area contributed by atoms with Crippen molar-refractivity contribution in [2.45, 2.75) is 25.2 Å². The molecule has 0 aliphatic carbocycles. The maximum Gasteiger partial charge on any atom is 0.144 e. The molecule has 18 heavy (non-hydrogen) atoms. The van der Waals surface area contributed by atoms with Gasteiger partial charge in [0, 0.05) is 10.3 Å². The Labute approximate surface area is 112 Å². The summed E-state index contributed by atoms with van der Waals surface area (Å²) in [5.74, 6) is 2.03. The van der Waals surface area contributed by atoms with E-state index in [-0.39, 0.29) is 11.3 Å². The van der Waals surface area contributed by atoms with Crippen LogP contribution >= 0.6 is 11.8 Å². The Hall–Kier alpha value is -1.36. The molecule has 0 aliphatic rings. The van der Waals surface area contributed by atoms with E-state index in [1.54, 1.807) is 18.9 Å². The average molecular weight is 268 g/mol. The van der Waals surface area contributed by atoms with E-state index in [9.17, 15) is 0 Å². The molecule has 1 rings (SSSR count). The summed E-state index contributed by atoms with van der Waals surface area (Å²) in [6.45, 7) is 3.93. The van der Waals surface area contributed by atoms with E-state index in [4.69, 9.17) is 15.7 Å². The van der Waals surface area contributed by atoms with Crippen LogP contribution in [0.25, 0.3) is 0 Å². The first kappa shape index (κ1) is 14.7. The van der Waals surface area contributed by atoms with Gasteiger partial charge >= 0.3 is 0 Å². The lowest BCUT2D eigenvalue weighted by atomic mass is 9.89. The molecule has 0 bridgehead atoms. The summed E-state index contributed by atoms with van der Waals surface area (Å²) in [6, 6.07) is 7.94. The van der Waals surface area contributed by atoms with Crippen LogP contribution in [0.4, 0.5) is 0 Å². The molecule has 3 N–H and O–H groups in total. The Kier molecular flexibility index (Phi) is 5.34. The molecule has 1 aromatic carbocycles. The second-order valence-corrected chi connectivity index (χ2v) is 5.81. The second kappa shape index (κ2) is 6.54. The normalized spacial score (nSPS) is 12.5. The summed E-state index contributed by atoms with van der Waals surface area (Å²) in [5.41, 5.74) is 5.36. The van der Waals surface area contributed by atoms with Gasteiger partial charge in [-0.15, -0.1) is 11.8 Å². The molecule has 0 atom stereocenters. The summed E-state index contributed by atoms with van der Waals surface area (Å²) < 4.78 is 5.17. The number of ether oxygens (including phenoxy) is 1. The van der Waals surface area contributed by atoms with Crippen molar-refractivity contribution in [2.75, 3.05) is 12.9 Å². The van der Waals surface area contributed by atoms with Gasteiger partial charge in [-0.25, -0.2) is 0 Å². The monoisotopic (exact) mass is 268 g/mol. The number of oxime groups is 1. The average Bonchev–Trinajstić information content (AvgIpc) is 2.37. The van der Waals surface area contributed by atoms with Crippen LogP contribution in [0.1, 0.15) is 20.3 Å². The highest BCUT2D eigenvalue weighted by molar-refractivity contribution is 7.99. The fraction of sp³-hybridized carbons (Fsp3) is 0.462. The van der Waals surface area contributed by atoms with Crippen molar-refractivity contribution >= 4 is 17.6 Å². The zero-order valence-electron chi connectivity index (χ0n) is 11.0. The molecular weight excluding hydrogens is 248 g/mol. The molecule has 4 nitrogen and oxygen atoms in total. The first-order valence-electron chi connectivity index (χ1n) is 5.74. The number of thioether (sulfide) groups is 1. The summed E-state index contributed by atoms with van der Waals surface area (Å²) in [4.78, 5) is 1.16. The van der Waals surface area contributed by atoms with Crippen LogP contribution in [0.3, 0.4) is 0 Å². The molecule has 0 radical (unpaired) electrons. The number of nitrogens with two attached hydrogens (primary N) is 1. The molecular formula is C13H20N2O2S. The van der Waals surface area contributed by atoms with Gasteiger partial charge in [0.05, 0.1) is 7.11 Å². The first-order chi connectivity index (χ1) is 8.49. The van der Waals surface area contributed by atoms with Gasteiger partial charge in [-0.05, 0) is 30.4 Å². The van der Waals surface area contributed by atoms with Crippen molar-refractivity contribution in [3.8, 4) is 5.75 Å². The van der Waals surface area contributed by atoms with Gasteiger partial charge in [0.2, 0.25) is 0 Å². The predicted octanol–water partition coefficient (Wildman–Crippen LogP) is 2.95. The fourth-order valence-electron chi connectivity index (χ4n) is 1.38. The molecule has 0 amide bonds. The number of rotatable bonds is 6. The minimum atomic E-state index is -0.291. The van der Waals surface area contributed by atoms with Crippen molar-refractivity contribution in [3.63, 3.8) is 0 Å². The van der Waals surface area contributed by atoms with E-state index < -0.39 is 0 Å². The van der Waals surface area contributed by atoms with Crippen LogP contribution in [0.5, 0.6) is 5.75 Å². The van der Waals surface area contributed by atoms with Crippen molar-refractivity contribution in [1.29, 1.82) is 0 Å². The Bertz CT molecular complexity index is 419. The maximum atomic E-state index is 8.69. The van der Waals surface area contributed by atoms with Gasteiger partial charge in [0.1, 0.15) is 11.6 Å². The van der Waals surface area contributed by atoms with Gasteiger partial charge in [-0.3, -0.25) is 0 Å². The number of hydrogen-bond acceptors (Lipinski definition) is 4. The maximum absolute atomic E-state index is 8.69. The van der Waals surface area contributed by atoms with Crippen LogP contribution in [0.15, 0.2) is 34.3 Å². The van der Waals surface area contributed by atoms with Crippen LogP contribution < -0.4 is 10.5 Å². The zero-order chi connectivity index (χ0) is 13.6. The third kappa shape index (κ3) is 4.14. The Morgan fingerprint density at radius 3 is 2.83 bits per heavy atom. The van der Waals surface area contributed by atoms with Gasteiger partial charge in [-0.1, -0.05) is 25.1 Å². The van der Waals surface area contributed by atoms with Gasteiger partial charge in [0.25, 0.3) is 0 Å². The number of benzene rings is 1. The molecule has 0 heterocycles. The lowest BCUT2D eigenvalue weighted by molar-refractivity contribution is 0.307.